The summed E-state index contributed by atoms with van der Waals surface area (Å²) in [7, 11) is 0. The molecular formula is C22H29N5. The van der Waals surface area contributed by atoms with Crippen molar-refractivity contribution in [3.05, 3.63) is 65.0 Å². The first-order valence-corrected chi connectivity index (χ1v) is 9.59. The summed E-state index contributed by atoms with van der Waals surface area (Å²) in [4.78, 5) is 0. The molecule has 27 heavy (non-hydrogen) atoms. The fraction of sp³-hybridized carbons (Fsp3) is 0.409. The zero-order valence-electron chi connectivity index (χ0n) is 17.1. The van der Waals surface area contributed by atoms with E-state index >= 15 is 0 Å². The van der Waals surface area contributed by atoms with Crippen molar-refractivity contribution in [2.24, 2.45) is 0 Å². The van der Waals surface area contributed by atoms with E-state index in [0.717, 1.165) is 23.6 Å². The van der Waals surface area contributed by atoms with E-state index in [-0.39, 0.29) is 0 Å². The molecule has 0 aliphatic heterocycles. The number of aromatic nitrogens is 4. The molecule has 3 rings (SSSR count). The summed E-state index contributed by atoms with van der Waals surface area (Å²) < 4.78 is 1.88. The van der Waals surface area contributed by atoms with Crippen molar-refractivity contribution in [1.29, 1.82) is 0 Å². The van der Waals surface area contributed by atoms with Gasteiger partial charge in [-0.15, -0.1) is 5.10 Å². The molecule has 5 nitrogen and oxygen atoms in total. The second kappa shape index (κ2) is 7.51. The van der Waals surface area contributed by atoms with E-state index in [0.29, 0.717) is 5.92 Å². The Labute approximate surface area is 161 Å². The normalized spacial score (nSPS) is 11.8. The molecule has 0 aliphatic carbocycles. The molecule has 0 saturated carbocycles. The van der Waals surface area contributed by atoms with E-state index in [9.17, 15) is 0 Å². The second-order valence-electron chi connectivity index (χ2n) is 7.88. The highest BCUT2D eigenvalue weighted by Gasteiger charge is 2.29. The maximum absolute atomic E-state index is 4.36. The summed E-state index contributed by atoms with van der Waals surface area (Å²) in [5.41, 5.74) is 5.43. The predicted octanol–water partition coefficient (Wildman–Crippen LogP) is 5.00. The molecule has 1 heterocycles. The number of benzene rings is 2. The molecule has 0 unspecified atom stereocenters. The third-order valence-electron chi connectivity index (χ3n) is 4.98. The van der Waals surface area contributed by atoms with Crippen LogP contribution in [0, 0.1) is 6.92 Å². The average molecular weight is 364 g/mol. The smallest absolute Gasteiger partial charge is 0.181 e. The maximum Gasteiger partial charge on any atom is 0.181 e. The van der Waals surface area contributed by atoms with Crippen LogP contribution < -0.4 is 5.32 Å². The van der Waals surface area contributed by atoms with Gasteiger partial charge in [0.2, 0.25) is 0 Å². The molecule has 0 amide bonds. The van der Waals surface area contributed by atoms with Gasteiger partial charge in [0.05, 0.1) is 11.2 Å². The molecular weight excluding hydrogens is 334 g/mol. The van der Waals surface area contributed by atoms with Gasteiger partial charge in [-0.25, -0.2) is 0 Å². The van der Waals surface area contributed by atoms with Crippen LogP contribution in [0.15, 0.2) is 42.5 Å². The van der Waals surface area contributed by atoms with Gasteiger partial charge in [-0.05, 0) is 72.4 Å². The molecule has 0 aliphatic rings. The van der Waals surface area contributed by atoms with Gasteiger partial charge < -0.3 is 5.32 Å². The van der Waals surface area contributed by atoms with Gasteiger partial charge in [0.1, 0.15) is 0 Å². The summed E-state index contributed by atoms with van der Waals surface area (Å²) in [6.45, 7) is 12.9. The zero-order valence-corrected chi connectivity index (χ0v) is 17.1. The first kappa shape index (κ1) is 19.1. The van der Waals surface area contributed by atoms with Gasteiger partial charge in [0, 0.05) is 5.69 Å². The van der Waals surface area contributed by atoms with Crippen molar-refractivity contribution in [3.8, 4) is 5.69 Å². The number of hydrogen-bond acceptors (Lipinski definition) is 4. The predicted molar refractivity (Wildman–Crippen MR) is 110 cm³/mol. The van der Waals surface area contributed by atoms with E-state index in [4.69, 9.17) is 0 Å². The topological polar surface area (TPSA) is 55.6 Å². The number of para-hydroxylation sites is 1. The molecule has 0 saturated heterocycles. The Balaban J connectivity index is 1.96. The van der Waals surface area contributed by atoms with Gasteiger partial charge in [-0.3, -0.25) is 0 Å². The van der Waals surface area contributed by atoms with E-state index in [2.05, 4.69) is 105 Å². The quantitative estimate of drug-likeness (QED) is 0.669. The summed E-state index contributed by atoms with van der Waals surface area (Å²) in [5.74, 6) is 1.31. The Morgan fingerprint density at radius 1 is 1.07 bits per heavy atom. The average Bonchev–Trinajstić information content (AvgIpc) is 3.11. The third kappa shape index (κ3) is 3.87. The molecule has 1 N–H and O–H groups in total. The molecule has 0 bridgehead atoms. The van der Waals surface area contributed by atoms with Gasteiger partial charge >= 0.3 is 0 Å². The van der Waals surface area contributed by atoms with Gasteiger partial charge in [0.15, 0.2) is 5.82 Å². The van der Waals surface area contributed by atoms with Crippen LogP contribution in [-0.2, 0) is 12.0 Å². The van der Waals surface area contributed by atoms with Crippen LogP contribution in [0.4, 0.5) is 5.69 Å². The van der Waals surface area contributed by atoms with E-state index in [1.54, 1.807) is 0 Å². The van der Waals surface area contributed by atoms with Crippen molar-refractivity contribution >= 4 is 5.69 Å². The molecule has 0 spiro atoms. The van der Waals surface area contributed by atoms with Gasteiger partial charge in [0.25, 0.3) is 0 Å². The third-order valence-corrected chi connectivity index (χ3v) is 4.98. The van der Waals surface area contributed by atoms with Crippen LogP contribution in [-0.4, -0.2) is 20.2 Å². The van der Waals surface area contributed by atoms with Crippen molar-refractivity contribution < 1.29 is 0 Å². The molecule has 2 aromatic carbocycles. The van der Waals surface area contributed by atoms with Crippen molar-refractivity contribution in [1.82, 2.24) is 20.2 Å². The fourth-order valence-electron chi connectivity index (χ4n) is 3.40. The van der Waals surface area contributed by atoms with Gasteiger partial charge in [-0.1, -0.05) is 51.1 Å². The van der Waals surface area contributed by atoms with Crippen molar-refractivity contribution in [2.45, 2.75) is 59.4 Å². The standard InChI is InChI=1S/C22H29N5/c1-7-17-10-8-9-16(4)20(17)27-21(24-25-26-27)22(5,6)23-19-13-11-18(12-14-19)15(2)3/h8-15,23H,7H2,1-6H3. The minimum atomic E-state index is -0.434. The van der Waals surface area contributed by atoms with Crippen LogP contribution in [0.25, 0.3) is 5.69 Å². The van der Waals surface area contributed by atoms with Gasteiger partial charge in [-0.2, -0.15) is 4.68 Å². The van der Waals surface area contributed by atoms with E-state index in [1.165, 1.54) is 16.7 Å². The zero-order chi connectivity index (χ0) is 19.6. The highest BCUT2D eigenvalue weighted by atomic mass is 15.6. The summed E-state index contributed by atoms with van der Waals surface area (Å²) in [6, 6.07) is 14.9. The lowest BCUT2D eigenvalue weighted by Gasteiger charge is -2.27. The van der Waals surface area contributed by atoms with Crippen LogP contribution in [0.1, 0.15) is 63.1 Å². The highest BCUT2D eigenvalue weighted by Crippen LogP contribution is 2.28. The summed E-state index contributed by atoms with van der Waals surface area (Å²) >= 11 is 0. The first-order valence-electron chi connectivity index (χ1n) is 9.59. The Morgan fingerprint density at radius 2 is 1.78 bits per heavy atom. The molecule has 142 valence electrons. The lowest BCUT2D eigenvalue weighted by atomic mass is 10.00. The summed E-state index contributed by atoms with van der Waals surface area (Å²) in [6.07, 6.45) is 0.931. The molecule has 0 radical (unpaired) electrons. The molecule has 1 aromatic heterocycles. The SMILES string of the molecule is CCc1cccc(C)c1-n1nnnc1C(C)(C)Nc1ccc(C(C)C)cc1. The number of nitrogens with one attached hydrogen (secondary N) is 1. The lowest BCUT2D eigenvalue weighted by molar-refractivity contribution is 0.540. The number of rotatable bonds is 6. The molecule has 0 atom stereocenters. The summed E-state index contributed by atoms with van der Waals surface area (Å²) in [5, 5.41) is 16.3. The fourth-order valence-corrected chi connectivity index (χ4v) is 3.40. The lowest BCUT2D eigenvalue weighted by Crippen LogP contribution is -2.32. The monoisotopic (exact) mass is 363 g/mol. The molecule has 0 fully saturated rings. The Kier molecular flexibility index (Phi) is 5.31. The minimum absolute atomic E-state index is 0.434. The van der Waals surface area contributed by atoms with E-state index < -0.39 is 5.54 Å². The van der Waals surface area contributed by atoms with E-state index in [1.807, 2.05) is 4.68 Å². The number of nitrogens with zero attached hydrogens (tertiary/aromatic N) is 4. The van der Waals surface area contributed by atoms with Crippen LogP contribution >= 0.6 is 0 Å². The number of tetrazole rings is 1. The Hall–Kier alpha value is -2.69. The number of anilines is 1. The van der Waals surface area contributed by atoms with Crippen LogP contribution in [0.3, 0.4) is 0 Å². The van der Waals surface area contributed by atoms with Crippen molar-refractivity contribution in [2.75, 3.05) is 5.32 Å². The number of hydrogen-bond donors (Lipinski definition) is 1. The van der Waals surface area contributed by atoms with Crippen LogP contribution in [0.5, 0.6) is 0 Å². The largest absolute Gasteiger partial charge is 0.373 e. The first-order chi connectivity index (χ1) is 12.8. The minimum Gasteiger partial charge on any atom is -0.373 e. The number of aryl methyl sites for hydroxylation is 2. The van der Waals surface area contributed by atoms with Crippen molar-refractivity contribution in [3.63, 3.8) is 0 Å². The second-order valence-corrected chi connectivity index (χ2v) is 7.88. The molecule has 5 heteroatoms. The molecule has 3 aromatic rings. The Bertz CT molecular complexity index is 907. The van der Waals surface area contributed by atoms with Crippen LogP contribution in [0.2, 0.25) is 0 Å². The Morgan fingerprint density at radius 3 is 2.41 bits per heavy atom. The highest BCUT2D eigenvalue weighted by molar-refractivity contribution is 5.50. The maximum atomic E-state index is 4.36.